The topological polar surface area (TPSA) is 29.9 Å². The fourth-order valence-electron chi connectivity index (χ4n) is 2.26. The van der Waals surface area contributed by atoms with Crippen molar-refractivity contribution in [3.8, 4) is 0 Å². The van der Waals surface area contributed by atoms with Gasteiger partial charge in [-0.15, -0.1) is 0 Å². The maximum atomic E-state index is 4.68. The highest BCUT2D eigenvalue weighted by Crippen LogP contribution is 2.19. The van der Waals surface area contributed by atoms with Crippen LogP contribution in [0.15, 0.2) is 24.3 Å². The van der Waals surface area contributed by atoms with Gasteiger partial charge in [-0.1, -0.05) is 12.1 Å². The van der Waals surface area contributed by atoms with Crippen LogP contribution >= 0.6 is 0 Å². The second-order valence-corrected chi connectivity index (χ2v) is 4.91. The van der Waals surface area contributed by atoms with Crippen molar-refractivity contribution >= 4 is 11.0 Å². The summed E-state index contributed by atoms with van der Waals surface area (Å²) in [5.74, 6) is 1.20. The third-order valence-corrected chi connectivity index (χ3v) is 3.47. The molecule has 1 N–H and O–H groups in total. The summed E-state index contributed by atoms with van der Waals surface area (Å²) in [5, 5.41) is 3.54. The lowest BCUT2D eigenvalue weighted by atomic mass is 10.3. The second-order valence-electron chi connectivity index (χ2n) is 4.91. The smallest absolute Gasteiger partial charge is 0.109 e. The molecular weight excluding hydrogens is 210 g/mol. The first-order valence-corrected chi connectivity index (χ1v) is 6.48. The maximum Gasteiger partial charge on any atom is 0.109 e. The number of rotatable bonds is 5. The van der Waals surface area contributed by atoms with Crippen molar-refractivity contribution < 1.29 is 0 Å². The molecule has 1 aliphatic rings. The maximum absolute atomic E-state index is 4.68. The predicted molar refractivity (Wildman–Crippen MR) is 70.1 cm³/mol. The first kappa shape index (κ1) is 10.8. The molecule has 3 nitrogen and oxygen atoms in total. The number of imidazole rings is 1. The van der Waals surface area contributed by atoms with E-state index in [2.05, 4.69) is 40.1 Å². The van der Waals surface area contributed by atoms with Crippen molar-refractivity contribution in [3.63, 3.8) is 0 Å². The van der Waals surface area contributed by atoms with Crippen molar-refractivity contribution in [2.75, 3.05) is 6.54 Å². The number of para-hydroxylation sites is 2. The Kier molecular flexibility index (Phi) is 2.85. The minimum Gasteiger partial charge on any atom is -0.331 e. The molecular formula is C14H19N3. The van der Waals surface area contributed by atoms with Crippen molar-refractivity contribution in [1.29, 1.82) is 0 Å². The Hall–Kier alpha value is -1.35. The van der Waals surface area contributed by atoms with Crippen LogP contribution in [0.3, 0.4) is 0 Å². The molecule has 0 radical (unpaired) electrons. The highest BCUT2D eigenvalue weighted by Gasteiger charge is 2.19. The average molecular weight is 229 g/mol. The summed E-state index contributed by atoms with van der Waals surface area (Å²) in [6, 6.07) is 9.15. The molecule has 1 saturated carbocycles. The van der Waals surface area contributed by atoms with Gasteiger partial charge in [0.2, 0.25) is 0 Å². The molecule has 0 unspecified atom stereocenters. The SMILES string of the molecule is Cn1c(CCCNC2CC2)nc2ccccc21. The summed E-state index contributed by atoms with van der Waals surface area (Å²) in [6.45, 7) is 1.12. The van der Waals surface area contributed by atoms with Gasteiger partial charge in [0.1, 0.15) is 5.82 Å². The molecule has 1 heterocycles. The van der Waals surface area contributed by atoms with E-state index in [0.29, 0.717) is 0 Å². The third kappa shape index (κ3) is 2.34. The van der Waals surface area contributed by atoms with Gasteiger partial charge in [0.05, 0.1) is 11.0 Å². The molecule has 0 bridgehead atoms. The summed E-state index contributed by atoms with van der Waals surface area (Å²) in [7, 11) is 2.11. The number of aromatic nitrogens is 2. The Morgan fingerprint density at radius 1 is 1.35 bits per heavy atom. The van der Waals surface area contributed by atoms with Gasteiger partial charge in [-0.2, -0.15) is 0 Å². The Balaban J connectivity index is 1.65. The zero-order chi connectivity index (χ0) is 11.7. The Morgan fingerprint density at radius 3 is 2.94 bits per heavy atom. The fourth-order valence-corrected chi connectivity index (χ4v) is 2.26. The van der Waals surface area contributed by atoms with Crippen molar-refractivity contribution in [1.82, 2.24) is 14.9 Å². The lowest BCUT2D eigenvalue weighted by Crippen LogP contribution is -2.18. The molecule has 1 aromatic carbocycles. The standard InChI is InChI=1S/C14H19N3/c1-17-13-6-3-2-5-12(13)16-14(17)7-4-10-15-11-8-9-11/h2-3,5-6,11,15H,4,7-10H2,1H3. The highest BCUT2D eigenvalue weighted by atomic mass is 15.1. The van der Waals surface area contributed by atoms with E-state index in [-0.39, 0.29) is 0 Å². The third-order valence-electron chi connectivity index (χ3n) is 3.47. The summed E-state index contributed by atoms with van der Waals surface area (Å²) >= 11 is 0. The minimum atomic E-state index is 0.815. The number of hydrogen-bond donors (Lipinski definition) is 1. The fraction of sp³-hybridized carbons (Fsp3) is 0.500. The summed E-state index contributed by atoms with van der Waals surface area (Å²) < 4.78 is 2.21. The number of benzene rings is 1. The van der Waals surface area contributed by atoms with Crippen LogP contribution in [-0.4, -0.2) is 22.1 Å². The molecule has 0 spiro atoms. The zero-order valence-electron chi connectivity index (χ0n) is 10.3. The van der Waals surface area contributed by atoms with Crippen LogP contribution in [0, 0.1) is 0 Å². The lowest BCUT2D eigenvalue weighted by Gasteiger charge is -2.03. The van der Waals surface area contributed by atoms with Gasteiger partial charge in [0.15, 0.2) is 0 Å². The van der Waals surface area contributed by atoms with Crippen molar-refractivity contribution in [2.24, 2.45) is 7.05 Å². The van der Waals surface area contributed by atoms with Crippen LogP contribution in [-0.2, 0) is 13.5 Å². The lowest BCUT2D eigenvalue weighted by molar-refractivity contribution is 0.628. The molecule has 3 rings (SSSR count). The largest absolute Gasteiger partial charge is 0.331 e. The molecule has 1 fully saturated rings. The van der Waals surface area contributed by atoms with E-state index in [1.807, 2.05) is 6.07 Å². The molecule has 0 saturated heterocycles. The van der Waals surface area contributed by atoms with Gasteiger partial charge in [-0.25, -0.2) is 4.98 Å². The van der Waals surface area contributed by atoms with E-state index in [0.717, 1.165) is 24.5 Å². The van der Waals surface area contributed by atoms with E-state index in [9.17, 15) is 0 Å². The van der Waals surface area contributed by atoms with Gasteiger partial charge in [-0.3, -0.25) is 0 Å². The minimum absolute atomic E-state index is 0.815. The average Bonchev–Trinajstić information content (AvgIpc) is 3.12. The number of nitrogens with one attached hydrogen (secondary N) is 1. The van der Waals surface area contributed by atoms with Gasteiger partial charge >= 0.3 is 0 Å². The first-order chi connectivity index (χ1) is 8.34. The molecule has 3 heteroatoms. The van der Waals surface area contributed by atoms with Crippen molar-refractivity contribution in [2.45, 2.75) is 31.7 Å². The van der Waals surface area contributed by atoms with Crippen LogP contribution in [0.2, 0.25) is 0 Å². The number of fused-ring (bicyclic) bond motifs is 1. The first-order valence-electron chi connectivity index (χ1n) is 6.48. The number of aryl methyl sites for hydroxylation is 2. The van der Waals surface area contributed by atoms with Crippen LogP contribution < -0.4 is 5.32 Å². The van der Waals surface area contributed by atoms with Crippen molar-refractivity contribution in [3.05, 3.63) is 30.1 Å². The van der Waals surface area contributed by atoms with Crippen LogP contribution in [0.4, 0.5) is 0 Å². The second kappa shape index (κ2) is 4.49. The van der Waals surface area contributed by atoms with Gasteiger partial charge in [0.25, 0.3) is 0 Å². The van der Waals surface area contributed by atoms with E-state index in [4.69, 9.17) is 0 Å². The predicted octanol–water partition coefficient (Wildman–Crippen LogP) is 2.26. The quantitative estimate of drug-likeness (QED) is 0.797. The molecule has 2 aromatic rings. The molecule has 17 heavy (non-hydrogen) atoms. The van der Waals surface area contributed by atoms with Gasteiger partial charge in [0, 0.05) is 19.5 Å². The molecule has 0 amide bonds. The Morgan fingerprint density at radius 2 is 2.18 bits per heavy atom. The summed E-state index contributed by atoms with van der Waals surface area (Å²) in [4.78, 5) is 4.68. The Bertz CT molecular complexity index is 511. The highest BCUT2D eigenvalue weighted by molar-refractivity contribution is 5.75. The van der Waals surface area contributed by atoms with Crippen LogP contribution in [0.5, 0.6) is 0 Å². The van der Waals surface area contributed by atoms with Crippen LogP contribution in [0.1, 0.15) is 25.1 Å². The molecule has 1 aromatic heterocycles. The normalized spacial score (nSPS) is 15.6. The van der Waals surface area contributed by atoms with E-state index >= 15 is 0 Å². The Labute approximate surface area is 102 Å². The van der Waals surface area contributed by atoms with Gasteiger partial charge < -0.3 is 9.88 Å². The summed E-state index contributed by atoms with van der Waals surface area (Å²) in [6.07, 6.45) is 4.97. The van der Waals surface area contributed by atoms with E-state index in [1.54, 1.807) is 0 Å². The van der Waals surface area contributed by atoms with Gasteiger partial charge in [-0.05, 0) is 37.9 Å². The van der Waals surface area contributed by atoms with Crippen LogP contribution in [0.25, 0.3) is 11.0 Å². The molecule has 90 valence electrons. The molecule has 0 aliphatic heterocycles. The monoisotopic (exact) mass is 229 g/mol. The molecule has 1 aliphatic carbocycles. The number of hydrogen-bond acceptors (Lipinski definition) is 2. The van der Waals surface area contributed by atoms with E-state index in [1.165, 1.54) is 30.6 Å². The van der Waals surface area contributed by atoms with E-state index < -0.39 is 0 Å². The summed E-state index contributed by atoms with van der Waals surface area (Å²) in [5.41, 5.74) is 2.35. The molecule has 0 atom stereocenters. The number of nitrogens with zero attached hydrogens (tertiary/aromatic N) is 2. The zero-order valence-corrected chi connectivity index (χ0v) is 10.3.